The molecule has 1 aromatic rings. The molecule has 0 radical (unpaired) electrons. The third-order valence-electron chi connectivity index (χ3n) is 3.69. The van der Waals surface area contributed by atoms with Crippen molar-refractivity contribution in [1.29, 1.82) is 0 Å². The highest BCUT2D eigenvalue weighted by Gasteiger charge is 2.30. The quantitative estimate of drug-likeness (QED) is 0.861. The third kappa shape index (κ3) is 2.31. The van der Waals surface area contributed by atoms with Crippen molar-refractivity contribution in [3.05, 3.63) is 35.3 Å². The van der Waals surface area contributed by atoms with Gasteiger partial charge in [0.1, 0.15) is 23.1 Å². The summed E-state index contributed by atoms with van der Waals surface area (Å²) in [5, 5.41) is 2.79. The van der Waals surface area contributed by atoms with Crippen LogP contribution in [0.2, 0.25) is 0 Å². The molecular weight excluding hydrogens is 259 g/mol. The van der Waals surface area contributed by atoms with E-state index in [2.05, 4.69) is 10.3 Å². The van der Waals surface area contributed by atoms with Crippen LogP contribution in [-0.2, 0) is 4.79 Å². The number of halogens is 1. The van der Waals surface area contributed by atoms with E-state index in [9.17, 15) is 9.18 Å². The van der Waals surface area contributed by atoms with E-state index in [0.29, 0.717) is 22.9 Å². The molecule has 1 fully saturated rings. The highest BCUT2D eigenvalue weighted by atomic mass is 19.1. The molecule has 2 aliphatic rings. The molecule has 5 heteroatoms. The third-order valence-corrected chi connectivity index (χ3v) is 3.69. The van der Waals surface area contributed by atoms with E-state index in [1.165, 1.54) is 31.7 Å². The second-order valence-electron chi connectivity index (χ2n) is 4.99. The van der Waals surface area contributed by atoms with Crippen molar-refractivity contribution >= 4 is 17.8 Å². The van der Waals surface area contributed by atoms with Gasteiger partial charge in [-0.1, -0.05) is 6.42 Å². The van der Waals surface area contributed by atoms with Gasteiger partial charge in [0.2, 0.25) is 0 Å². The zero-order chi connectivity index (χ0) is 14.1. The maximum absolute atomic E-state index is 13.3. The predicted molar refractivity (Wildman–Crippen MR) is 73.8 cm³/mol. The molecule has 1 aromatic carbocycles. The Hall–Kier alpha value is -2.17. The number of amides is 1. The van der Waals surface area contributed by atoms with E-state index >= 15 is 0 Å². The van der Waals surface area contributed by atoms with Gasteiger partial charge in [-0.2, -0.15) is 0 Å². The molecule has 1 amide bonds. The summed E-state index contributed by atoms with van der Waals surface area (Å²) in [6.45, 7) is 0. The predicted octanol–water partition coefficient (Wildman–Crippen LogP) is 2.50. The van der Waals surface area contributed by atoms with Crippen LogP contribution >= 0.6 is 0 Å². The average molecular weight is 274 g/mol. The molecule has 20 heavy (non-hydrogen) atoms. The fraction of sp³-hybridized carbons (Fsp3) is 0.333. The summed E-state index contributed by atoms with van der Waals surface area (Å²) in [5.74, 6) is 0.999. The lowest BCUT2D eigenvalue weighted by molar-refractivity contribution is -0.115. The molecule has 1 aliphatic carbocycles. The number of carbonyl (C=O) groups excluding carboxylic acids is 1. The van der Waals surface area contributed by atoms with Gasteiger partial charge in [0, 0.05) is 11.5 Å². The Balaban J connectivity index is 1.93. The molecule has 0 saturated heterocycles. The number of nitrogens with one attached hydrogen (secondary N) is 1. The van der Waals surface area contributed by atoms with E-state index in [1.807, 2.05) is 0 Å². The number of carbonyl (C=O) groups is 1. The molecule has 0 bridgehead atoms. The Kier molecular flexibility index (Phi) is 3.26. The molecule has 4 nitrogen and oxygen atoms in total. The molecule has 3 rings (SSSR count). The zero-order valence-electron chi connectivity index (χ0n) is 11.1. The van der Waals surface area contributed by atoms with Crippen LogP contribution in [0.4, 0.5) is 4.39 Å². The molecule has 1 N–H and O–H groups in total. The summed E-state index contributed by atoms with van der Waals surface area (Å²) in [5.41, 5.74) is 0.812. The Bertz CT molecular complexity index is 618. The molecule has 104 valence electrons. The fourth-order valence-corrected chi connectivity index (χ4v) is 2.33. The average Bonchev–Trinajstić information content (AvgIpc) is 2.68. The van der Waals surface area contributed by atoms with Crippen LogP contribution in [0.3, 0.4) is 0 Å². The van der Waals surface area contributed by atoms with E-state index in [0.717, 1.165) is 18.7 Å². The minimum absolute atomic E-state index is 0.238. The van der Waals surface area contributed by atoms with Crippen molar-refractivity contribution < 1.29 is 13.9 Å². The molecule has 1 heterocycles. The minimum Gasteiger partial charge on any atom is -0.496 e. The number of nitrogens with zero attached hydrogens (tertiary/aromatic N) is 1. The number of rotatable bonds is 3. The zero-order valence-corrected chi connectivity index (χ0v) is 11.1. The van der Waals surface area contributed by atoms with Gasteiger partial charge in [0.25, 0.3) is 5.91 Å². The first-order chi connectivity index (χ1) is 9.67. The Labute approximate surface area is 116 Å². The van der Waals surface area contributed by atoms with Crippen molar-refractivity contribution in [3.63, 3.8) is 0 Å². The largest absolute Gasteiger partial charge is 0.496 e. The SMILES string of the molecule is COc1ccc(F)cc1/C=C1/N=C(C2CCC2)NC1=O. The number of methoxy groups -OCH3 is 1. The van der Waals surface area contributed by atoms with E-state index in [4.69, 9.17) is 4.74 Å². The summed E-state index contributed by atoms with van der Waals surface area (Å²) in [4.78, 5) is 16.2. The van der Waals surface area contributed by atoms with E-state index in [-0.39, 0.29) is 11.7 Å². The van der Waals surface area contributed by atoms with Crippen LogP contribution in [0.25, 0.3) is 6.08 Å². The van der Waals surface area contributed by atoms with Crippen LogP contribution < -0.4 is 10.1 Å². The number of aliphatic imine (C=N–C) groups is 1. The van der Waals surface area contributed by atoms with Gasteiger partial charge in [-0.05, 0) is 37.1 Å². The number of benzene rings is 1. The van der Waals surface area contributed by atoms with Gasteiger partial charge in [-0.15, -0.1) is 0 Å². The van der Waals surface area contributed by atoms with E-state index < -0.39 is 0 Å². The molecule has 1 aliphatic heterocycles. The van der Waals surface area contributed by atoms with Crippen LogP contribution in [0.15, 0.2) is 28.9 Å². The maximum Gasteiger partial charge on any atom is 0.275 e. The van der Waals surface area contributed by atoms with Crippen molar-refractivity contribution in [1.82, 2.24) is 5.32 Å². The second kappa shape index (κ2) is 5.07. The number of hydrogen-bond acceptors (Lipinski definition) is 3. The lowest BCUT2D eigenvalue weighted by Crippen LogP contribution is -2.33. The van der Waals surface area contributed by atoms with E-state index in [1.54, 1.807) is 6.08 Å². The van der Waals surface area contributed by atoms with Crippen molar-refractivity contribution in [3.8, 4) is 5.75 Å². The highest BCUT2D eigenvalue weighted by Crippen LogP contribution is 2.30. The lowest BCUT2D eigenvalue weighted by Gasteiger charge is -2.24. The van der Waals surface area contributed by atoms with Gasteiger partial charge in [-0.25, -0.2) is 9.38 Å². The van der Waals surface area contributed by atoms with Gasteiger partial charge >= 0.3 is 0 Å². The first-order valence-electron chi connectivity index (χ1n) is 6.62. The number of ether oxygens (including phenoxy) is 1. The highest BCUT2D eigenvalue weighted by molar-refractivity contribution is 6.15. The minimum atomic E-state index is -0.376. The van der Waals surface area contributed by atoms with Crippen LogP contribution in [-0.4, -0.2) is 18.9 Å². The van der Waals surface area contributed by atoms with Crippen molar-refractivity contribution in [2.75, 3.05) is 7.11 Å². The standard InChI is InChI=1S/C15H15FN2O2/c1-20-13-6-5-11(16)7-10(13)8-12-15(19)18-14(17-12)9-3-2-4-9/h5-9H,2-4H2,1H3,(H,17,18,19)/b12-8+. The lowest BCUT2D eigenvalue weighted by atomic mass is 9.84. The Morgan fingerprint density at radius 1 is 1.45 bits per heavy atom. The Morgan fingerprint density at radius 2 is 2.25 bits per heavy atom. The molecule has 1 saturated carbocycles. The topological polar surface area (TPSA) is 50.7 Å². The molecular formula is C15H15FN2O2. The van der Waals surface area contributed by atoms with Gasteiger partial charge < -0.3 is 10.1 Å². The first-order valence-corrected chi connectivity index (χ1v) is 6.62. The van der Waals surface area contributed by atoms with Crippen LogP contribution in [0, 0.1) is 11.7 Å². The van der Waals surface area contributed by atoms with Crippen molar-refractivity contribution in [2.24, 2.45) is 10.9 Å². The molecule has 0 unspecified atom stereocenters. The monoisotopic (exact) mass is 274 g/mol. The summed E-state index contributed by atoms with van der Waals surface area (Å²) >= 11 is 0. The van der Waals surface area contributed by atoms with Gasteiger partial charge in [0.15, 0.2) is 0 Å². The second-order valence-corrected chi connectivity index (χ2v) is 4.99. The first kappa shape index (κ1) is 12.8. The fourth-order valence-electron chi connectivity index (χ4n) is 2.33. The molecule has 0 atom stereocenters. The maximum atomic E-state index is 13.3. The summed E-state index contributed by atoms with van der Waals surface area (Å²) in [6, 6.07) is 4.18. The summed E-state index contributed by atoms with van der Waals surface area (Å²) < 4.78 is 18.5. The Morgan fingerprint density at radius 3 is 2.90 bits per heavy atom. The van der Waals surface area contributed by atoms with Crippen LogP contribution in [0.5, 0.6) is 5.75 Å². The summed E-state index contributed by atoms with van der Waals surface area (Å²) in [7, 11) is 1.51. The van der Waals surface area contributed by atoms with Gasteiger partial charge in [0.05, 0.1) is 7.11 Å². The van der Waals surface area contributed by atoms with Crippen molar-refractivity contribution in [2.45, 2.75) is 19.3 Å². The smallest absolute Gasteiger partial charge is 0.275 e. The molecule has 0 spiro atoms. The van der Waals surface area contributed by atoms with Crippen LogP contribution in [0.1, 0.15) is 24.8 Å². The number of amidine groups is 1. The molecule has 0 aromatic heterocycles. The van der Waals surface area contributed by atoms with Gasteiger partial charge in [-0.3, -0.25) is 4.79 Å². The normalized spacial score (nSPS) is 20.6. The number of hydrogen-bond donors (Lipinski definition) is 1. The summed E-state index contributed by atoms with van der Waals surface area (Å²) in [6.07, 6.45) is 4.87.